The second-order valence-electron chi connectivity index (χ2n) is 2.96. The van der Waals surface area contributed by atoms with Crippen LogP contribution in [0.3, 0.4) is 0 Å². The number of hydrogen-bond donors (Lipinski definition) is 0. The molecule has 0 unspecified atom stereocenters. The van der Waals surface area contributed by atoms with Crippen molar-refractivity contribution in [2.45, 2.75) is 11.0 Å². The molecule has 0 aromatic carbocycles. The smallest absolute Gasteiger partial charge is 0.214 e. The van der Waals surface area contributed by atoms with Gasteiger partial charge in [0.25, 0.3) is 19.7 Å². The fraction of sp³-hybridized carbons (Fsp3) is 0.250. The number of halogens is 6. The molecule has 1 radical (unpaired) electrons. The van der Waals surface area contributed by atoms with Crippen molar-refractivity contribution < 1.29 is 43.2 Å². The Balaban J connectivity index is 6.42. The normalized spacial score (nSPS) is 14.3. The second-order valence-corrected chi connectivity index (χ2v) is 7.04. The monoisotopic (exact) mass is 343 g/mol. The third-order valence-electron chi connectivity index (χ3n) is 1.59. The molecule has 4 nitrogen and oxygen atoms in total. The Kier molecular flexibility index (Phi) is 5.23. The predicted molar refractivity (Wildman–Crippen MR) is 56.0 cm³/mol. The summed E-state index contributed by atoms with van der Waals surface area (Å²) in [5, 5.41) is 0. The lowest BCUT2D eigenvalue weighted by Crippen LogP contribution is -2.34. The summed E-state index contributed by atoms with van der Waals surface area (Å²) in [7, 11) is -13.4. The third kappa shape index (κ3) is 3.62. The Bertz CT molecular complexity index is 587. The molecule has 115 valence electrons. The van der Waals surface area contributed by atoms with Crippen molar-refractivity contribution in [1.82, 2.24) is 0 Å². The van der Waals surface area contributed by atoms with E-state index in [1.54, 1.807) is 0 Å². The van der Waals surface area contributed by atoms with Crippen LogP contribution in [0.15, 0.2) is 28.5 Å². The van der Waals surface area contributed by atoms with E-state index in [4.69, 9.17) is 6.58 Å². The number of alkyl halides is 6. The SMILES string of the molecule is [CH]=CC=CC=C(S(=O)(=O)C(F)(F)F)S(=O)(=O)C(F)(F)F. The van der Waals surface area contributed by atoms with Gasteiger partial charge in [0, 0.05) is 0 Å². The minimum atomic E-state index is -6.71. The standard InChI is InChI=1S/C8H5F6O4S2/c1-2-3-4-5-6(19(15,16)7(9,10)11)20(17,18)8(12,13)14/h1-5H. The molecule has 0 rings (SSSR count). The number of hydrogen-bond acceptors (Lipinski definition) is 4. The minimum Gasteiger partial charge on any atom is -0.214 e. The first kappa shape index (κ1) is 18.7. The zero-order valence-electron chi connectivity index (χ0n) is 9.10. The van der Waals surface area contributed by atoms with Crippen molar-refractivity contribution >= 4 is 19.7 Å². The van der Waals surface area contributed by atoms with Crippen LogP contribution in [0.25, 0.3) is 0 Å². The van der Waals surface area contributed by atoms with Gasteiger partial charge in [-0.25, -0.2) is 16.8 Å². The molecule has 0 saturated heterocycles. The maximum Gasteiger partial charge on any atom is 0.502 e. The van der Waals surface area contributed by atoms with E-state index in [-0.39, 0.29) is 6.08 Å². The maximum absolute atomic E-state index is 12.2. The van der Waals surface area contributed by atoms with Gasteiger partial charge in [0.1, 0.15) is 0 Å². The van der Waals surface area contributed by atoms with Crippen LogP contribution in [0.4, 0.5) is 26.3 Å². The van der Waals surface area contributed by atoms with Crippen molar-refractivity contribution in [1.29, 1.82) is 0 Å². The zero-order chi connectivity index (χ0) is 16.4. The van der Waals surface area contributed by atoms with Crippen LogP contribution in [-0.2, 0) is 19.7 Å². The van der Waals surface area contributed by atoms with Crippen LogP contribution in [0.2, 0.25) is 0 Å². The van der Waals surface area contributed by atoms with Crippen molar-refractivity contribution in [3.05, 3.63) is 35.1 Å². The average Bonchev–Trinajstić information content (AvgIpc) is 2.20. The van der Waals surface area contributed by atoms with Crippen LogP contribution in [0.5, 0.6) is 0 Å². The highest BCUT2D eigenvalue weighted by Crippen LogP contribution is 2.38. The molecule has 0 saturated carbocycles. The number of sulfone groups is 2. The van der Waals surface area contributed by atoms with E-state index < -0.39 is 34.9 Å². The van der Waals surface area contributed by atoms with E-state index in [2.05, 4.69) is 0 Å². The first-order valence-corrected chi connectivity index (χ1v) is 7.21. The van der Waals surface area contributed by atoms with Gasteiger partial charge in [-0.3, -0.25) is 0 Å². The molecule has 0 heterocycles. The van der Waals surface area contributed by atoms with Crippen molar-refractivity contribution in [3.63, 3.8) is 0 Å². The lowest BCUT2D eigenvalue weighted by Gasteiger charge is -2.13. The highest BCUT2D eigenvalue weighted by molar-refractivity contribution is 8.15. The summed E-state index contributed by atoms with van der Waals surface area (Å²) >= 11 is 0. The van der Waals surface area contributed by atoms with E-state index in [1.165, 1.54) is 0 Å². The van der Waals surface area contributed by atoms with Gasteiger partial charge in [-0.15, -0.1) is 0 Å². The minimum absolute atomic E-state index is 0.307. The van der Waals surface area contributed by atoms with E-state index in [0.717, 1.165) is 0 Å². The Hall–Kier alpha value is -1.30. The van der Waals surface area contributed by atoms with Gasteiger partial charge in [-0.1, -0.05) is 24.8 Å². The van der Waals surface area contributed by atoms with Gasteiger partial charge in [0.05, 0.1) is 0 Å². The lowest BCUT2D eigenvalue weighted by molar-refractivity contribution is -0.0444. The topological polar surface area (TPSA) is 68.3 Å². The van der Waals surface area contributed by atoms with Gasteiger partial charge >= 0.3 is 11.0 Å². The molecule has 0 fully saturated rings. The van der Waals surface area contributed by atoms with Crippen molar-refractivity contribution in [2.75, 3.05) is 0 Å². The Labute approximate surface area is 109 Å². The van der Waals surface area contributed by atoms with Crippen LogP contribution >= 0.6 is 0 Å². The van der Waals surface area contributed by atoms with Crippen LogP contribution in [0.1, 0.15) is 0 Å². The fourth-order valence-electron chi connectivity index (χ4n) is 0.750. The van der Waals surface area contributed by atoms with Crippen LogP contribution in [0, 0.1) is 6.58 Å². The van der Waals surface area contributed by atoms with Crippen LogP contribution < -0.4 is 0 Å². The van der Waals surface area contributed by atoms with Crippen LogP contribution in [-0.4, -0.2) is 27.9 Å². The highest BCUT2D eigenvalue weighted by Gasteiger charge is 2.59. The summed E-state index contributed by atoms with van der Waals surface area (Å²) in [5.41, 5.74) is -12.4. The summed E-state index contributed by atoms with van der Waals surface area (Å²) in [6.07, 6.45) is 1.23. The van der Waals surface area contributed by atoms with E-state index in [9.17, 15) is 43.2 Å². The molecule has 0 aliphatic heterocycles. The fourth-order valence-corrected chi connectivity index (χ4v) is 3.44. The molecule has 0 spiro atoms. The molecular weight excluding hydrogens is 338 g/mol. The maximum atomic E-state index is 12.2. The molecule has 0 aliphatic carbocycles. The molecule has 0 N–H and O–H groups in total. The van der Waals surface area contributed by atoms with Gasteiger partial charge in [-0.2, -0.15) is 26.3 Å². The summed E-state index contributed by atoms with van der Waals surface area (Å²) < 4.78 is 114. The van der Waals surface area contributed by atoms with Crippen molar-refractivity contribution in [3.8, 4) is 0 Å². The molecular formula is C8H5F6O4S2. The first-order chi connectivity index (χ1) is 8.69. The number of rotatable bonds is 4. The Morgan fingerprint density at radius 2 is 1.15 bits per heavy atom. The van der Waals surface area contributed by atoms with E-state index in [1.807, 2.05) is 0 Å². The summed E-state index contributed by atoms with van der Waals surface area (Å²) in [6, 6.07) is 0. The molecule has 20 heavy (non-hydrogen) atoms. The molecule has 0 aliphatic rings. The van der Waals surface area contributed by atoms with Gasteiger partial charge in [0.2, 0.25) is 0 Å². The lowest BCUT2D eigenvalue weighted by atomic mass is 10.5. The molecule has 0 atom stereocenters. The van der Waals surface area contributed by atoms with Gasteiger partial charge in [0.15, 0.2) is 4.24 Å². The van der Waals surface area contributed by atoms with Gasteiger partial charge in [-0.05, 0) is 6.08 Å². The van der Waals surface area contributed by atoms with Crippen molar-refractivity contribution in [2.24, 2.45) is 0 Å². The summed E-state index contributed by atoms with van der Waals surface area (Å²) in [6.45, 7) is 4.72. The summed E-state index contributed by atoms with van der Waals surface area (Å²) in [4.78, 5) is 0. The third-order valence-corrected chi connectivity index (χ3v) is 5.46. The largest absolute Gasteiger partial charge is 0.502 e. The number of allylic oxidation sites excluding steroid dienone is 4. The Morgan fingerprint density at radius 1 is 0.800 bits per heavy atom. The highest BCUT2D eigenvalue weighted by atomic mass is 32.3. The zero-order valence-corrected chi connectivity index (χ0v) is 10.7. The molecule has 0 bridgehead atoms. The molecule has 0 aromatic heterocycles. The van der Waals surface area contributed by atoms with Gasteiger partial charge < -0.3 is 0 Å². The second kappa shape index (κ2) is 5.60. The van der Waals surface area contributed by atoms with E-state index >= 15 is 0 Å². The molecule has 0 amide bonds. The van der Waals surface area contributed by atoms with E-state index in [0.29, 0.717) is 18.2 Å². The quantitative estimate of drug-likeness (QED) is 0.580. The predicted octanol–water partition coefficient (Wildman–Crippen LogP) is 2.24. The average molecular weight is 343 g/mol. The summed E-state index contributed by atoms with van der Waals surface area (Å²) in [5.74, 6) is 0. The first-order valence-electron chi connectivity index (χ1n) is 4.24. The molecule has 12 heteroatoms. The Morgan fingerprint density at radius 3 is 1.40 bits per heavy atom. The molecule has 0 aromatic rings.